The van der Waals surface area contributed by atoms with Gasteiger partial charge in [0, 0.05) is 32.9 Å². The number of carbonyl (C=O) groups is 2. The number of amides is 1. The summed E-state index contributed by atoms with van der Waals surface area (Å²) in [4.78, 5) is 26.9. The van der Waals surface area contributed by atoms with Crippen molar-refractivity contribution in [3.05, 3.63) is 22.6 Å². The maximum absolute atomic E-state index is 12.9. The lowest BCUT2D eigenvalue weighted by Gasteiger charge is -2.37. The first kappa shape index (κ1) is 21.3. The van der Waals surface area contributed by atoms with E-state index in [1.807, 2.05) is 0 Å². The highest BCUT2D eigenvalue weighted by atomic mass is 79.9. The largest absolute Gasteiger partial charge is 0.465 e. The lowest BCUT2D eigenvalue weighted by molar-refractivity contribution is -0.230. The Kier molecular flexibility index (Phi) is 5.66. The third-order valence-electron chi connectivity index (χ3n) is 5.18. The van der Waals surface area contributed by atoms with Gasteiger partial charge in [0.05, 0.1) is 10.7 Å². The summed E-state index contributed by atoms with van der Waals surface area (Å²) >= 11 is 3.39. The fourth-order valence-corrected chi connectivity index (χ4v) is 4.40. The van der Waals surface area contributed by atoms with Gasteiger partial charge in [-0.25, -0.2) is 4.79 Å². The summed E-state index contributed by atoms with van der Waals surface area (Å²) in [5.41, 5.74) is -1.98. The molecule has 156 valence electrons. The molecule has 2 heterocycles. The summed E-state index contributed by atoms with van der Waals surface area (Å²) in [7, 11) is 1.45. The predicted molar refractivity (Wildman–Crippen MR) is 101 cm³/mol. The summed E-state index contributed by atoms with van der Waals surface area (Å²) in [6.07, 6.45) is 0.813. The smallest absolute Gasteiger partial charge is 0.412 e. The third kappa shape index (κ3) is 3.72. The average Bonchev–Trinajstić information content (AvgIpc) is 3.19. The number of ether oxygens (including phenoxy) is 3. The first-order chi connectivity index (χ1) is 13.0. The van der Waals surface area contributed by atoms with Gasteiger partial charge in [-0.3, -0.25) is 9.69 Å². The molecular weight excluding hydrogens is 434 g/mol. The van der Waals surface area contributed by atoms with Gasteiger partial charge in [-0.1, -0.05) is 0 Å². The molecule has 0 spiro atoms. The number of hydrogen-bond acceptors (Lipinski definition) is 7. The zero-order valence-corrected chi connectivity index (χ0v) is 18.1. The van der Waals surface area contributed by atoms with Gasteiger partial charge in [0.1, 0.15) is 35.4 Å². The van der Waals surface area contributed by atoms with Gasteiger partial charge in [-0.05, 0) is 42.8 Å². The molecule has 0 radical (unpaired) electrons. The summed E-state index contributed by atoms with van der Waals surface area (Å²) < 4.78 is 22.7. The van der Waals surface area contributed by atoms with E-state index in [4.69, 9.17) is 18.6 Å². The first-order valence-electron chi connectivity index (χ1n) is 9.14. The highest BCUT2D eigenvalue weighted by Crippen LogP contribution is 2.59. The summed E-state index contributed by atoms with van der Waals surface area (Å²) in [6.45, 7) is 5.13. The fourth-order valence-electron chi connectivity index (χ4n) is 3.95. The minimum Gasteiger partial charge on any atom is -0.465 e. The molecule has 1 aromatic rings. The molecule has 1 saturated carbocycles. The van der Waals surface area contributed by atoms with Crippen molar-refractivity contribution in [2.24, 2.45) is 5.41 Å². The highest BCUT2D eigenvalue weighted by Gasteiger charge is 2.68. The molecule has 0 aromatic carbocycles. The van der Waals surface area contributed by atoms with Gasteiger partial charge in [0.25, 0.3) is 0 Å². The zero-order chi connectivity index (χ0) is 20.7. The molecule has 2 aliphatic rings. The van der Waals surface area contributed by atoms with Crippen LogP contribution in [0.15, 0.2) is 21.2 Å². The minimum absolute atomic E-state index is 0.0695. The second-order valence-electron chi connectivity index (χ2n) is 8.33. The van der Waals surface area contributed by atoms with Gasteiger partial charge < -0.3 is 23.7 Å². The van der Waals surface area contributed by atoms with Crippen molar-refractivity contribution in [2.45, 2.75) is 57.5 Å². The lowest BCUT2D eigenvalue weighted by atomic mass is 9.77. The monoisotopic (exact) mass is 459 g/mol. The Morgan fingerprint density at radius 3 is 2.75 bits per heavy atom. The van der Waals surface area contributed by atoms with Crippen LogP contribution in [-0.2, 0) is 19.0 Å². The first-order valence-corrected chi connectivity index (χ1v) is 9.94. The van der Waals surface area contributed by atoms with Crippen molar-refractivity contribution in [2.75, 3.05) is 20.4 Å². The van der Waals surface area contributed by atoms with Crippen molar-refractivity contribution in [3.8, 4) is 0 Å². The van der Waals surface area contributed by atoms with Crippen molar-refractivity contribution < 1.29 is 33.3 Å². The molecule has 1 aliphatic carbocycles. The number of methoxy groups -OCH3 is 1. The van der Waals surface area contributed by atoms with E-state index in [1.54, 1.807) is 26.8 Å². The highest BCUT2D eigenvalue weighted by molar-refractivity contribution is 9.10. The van der Waals surface area contributed by atoms with Gasteiger partial charge in [-0.15, -0.1) is 0 Å². The van der Waals surface area contributed by atoms with Crippen LogP contribution in [0.3, 0.4) is 0 Å². The average molecular weight is 460 g/mol. The number of aliphatic hydroxyl groups is 1. The lowest BCUT2D eigenvalue weighted by Crippen LogP contribution is -2.53. The summed E-state index contributed by atoms with van der Waals surface area (Å²) in [6, 6.07) is 1.73. The van der Waals surface area contributed by atoms with E-state index in [2.05, 4.69) is 15.9 Å². The van der Waals surface area contributed by atoms with Crippen molar-refractivity contribution >= 4 is 27.8 Å². The molecule has 8 nitrogen and oxygen atoms in total. The van der Waals surface area contributed by atoms with Crippen LogP contribution in [-0.4, -0.2) is 53.7 Å². The van der Waals surface area contributed by atoms with E-state index in [0.717, 1.165) is 0 Å². The van der Waals surface area contributed by atoms with Crippen LogP contribution in [0.2, 0.25) is 0 Å². The normalized spacial score (nSPS) is 29.8. The number of halogens is 1. The second-order valence-corrected chi connectivity index (χ2v) is 9.18. The van der Waals surface area contributed by atoms with Crippen molar-refractivity contribution in [1.29, 1.82) is 0 Å². The number of Topliss-reactive ketones (excluding diaryl/α,β-unsaturated/α-hetero) is 1. The molecule has 1 N–H and O–H groups in total. The molecule has 1 aromatic heterocycles. The topological polar surface area (TPSA) is 98.4 Å². The van der Waals surface area contributed by atoms with Crippen LogP contribution in [0, 0.1) is 5.41 Å². The predicted octanol–water partition coefficient (Wildman–Crippen LogP) is 3.38. The Balaban J connectivity index is 1.90. The maximum atomic E-state index is 12.9. The number of nitrogens with zero attached hydrogens (tertiary/aromatic N) is 1. The number of fused-ring (bicyclic) bond motifs is 1. The van der Waals surface area contributed by atoms with E-state index in [9.17, 15) is 14.7 Å². The Labute approximate surface area is 172 Å². The zero-order valence-electron chi connectivity index (χ0n) is 16.5. The van der Waals surface area contributed by atoms with Gasteiger partial charge in [0.15, 0.2) is 5.79 Å². The molecule has 9 heteroatoms. The summed E-state index contributed by atoms with van der Waals surface area (Å²) in [5, 5.41) is 11.2. The van der Waals surface area contributed by atoms with Crippen LogP contribution >= 0.6 is 15.9 Å². The van der Waals surface area contributed by atoms with Crippen LogP contribution < -0.4 is 0 Å². The van der Waals surface area contributed by atoms with Crippen molar-refractivity contribution in [3.63, 3.8) is 0 Å². The minimum atomic E-state index is -1.69. The van der Waals surface area contributed by atoms with E-state index < -0.39 is 29.0 Å². The molecule has 3 rings (SSSR count). The molecule has 1 amide bonds. The quantitative estimate of drug-likeness (QED) is 0.673. The molecule has 2 fully saturated rings. The third-order valence-corrected chi connectivity index (χ3v) is 5.83. The number of carbonyl (C=O) groups excluding carboxylic acids is 2. The Morgan fingerprint density at radius 1 is 1.46 bits per heavy atom. The van der Waals surface area contributed by atoms with Crippen LogP contribution in [0.1, 0.15) is 51.9 Å². The SMILES string of the molecule is COCN(C[C@]12CC(c3occc3Br)O[C@@]1(O)CCC2=O)C(=O)OC(C)(C)C. The standard InChI is InChI=1S/C19H26BrNO7/c1-17(2,3)28-16(23)21(11-25-4)10-18-9-13(15-12(20)6-8-26-15)27-19(18,24)7-5-14(18)22/h6,8,13,24H,5,7,9-11H2,1-4H3/t13?,18-,19-/m0/s1. The molecule has 1 unspecified atom stereocenters. The molecule has 0 bridgehead atoms. The van der Waals surface area contributed by atoms with Crippen LogP contribution in [0.4, 0.5) is 4.79 Å². The van der Waals surface area contributed by atoms with Crippen molar-refractivity contribution in [1.82, 2.24) is 4.90 Å². The number of rotatable bonds is 5. The Hall–Kier alpha value is -1.42. The molecule has 1 saturated heterocycles. The van der Waals surface area contributed by atoms with Gasteiger partial charge in [-0.2, -0.15) is 0 Å². The summed E-state index contributed by atoms with van der Waals surface area (Å²) in [5.74, 6) is -1.33. The van der Waals surface area contributed by atoms with E-state index in [-0.39, 0.29) is 38.3 Å². The van der Waals surface area contributed by atoms with Gasteiger partial charge >= 0.3 is 6.09 Å². The number of hydrogen-bond donors (Lipinski definition) is 1. The number of furan rings is 1. The molecule has 3 atom stereocenters. The van der Waals surface area contributed by atoms with Crippen LogP contribution in [0.25, 0.3) is 0 Å². The van der Waals surface area contributed by atoms with Gasteiger partial charge in [0.2, 0.25) is 0 Å². The molecule has 1 aliphatic heterocycles. The fraction of sp³-hybridized carbons (Fsp3) is 0.684. The van der Waals surface area contributed by atoms with E-state index in [0.29, 0.717) is 10.2 Å². The maximum Gasteiger partial charge on any atom is 0.412 e. The Morgan fingerprint density at radius 2 is 2.18 bits per heavy atom. The second kappa shape index (κ2) is 7.44. The number of ketones is 1. The Bertz CT molecular complexity index is 758. The van der Waals surface area contributed by atoms with E-state index >= 15 is 0 Å². The molecule has 28 heavy (non-hydrogen) atoms. The molecular formula is C19H26BrNO7. The van der Waals surface area contributed by atoms with E-state index in [1.165, 1.54) is 18.3 Å². The van der Waals surface area contributed by atoms with Crippen LogP contribution in [0.5, 0.6) is 0 Å².